The number of rotatable bonds is 4. The summed E-state index contributed by atoms with van der Waals surface area (Å²) in [5.74, 6) is 1.40. The Morgan fingerprint density at radius 2 is 1.86 bits per heavy atom. The first-order valence-corrected chi connectivity index (χ1v) is 10.4. The number of carbonyl (C=O) groups excluding carboxylic acids is 1. The van der Waals surface area contributed by atoms with E-state index in [1.165, 1.54) is 16.7 Å². The molecule has 146 valence electrons. The van der Waals surface area contributed by atoms with Crippen molar-refractivity contribution in [3.05, 3.63) is 77.3 Å². The highest BCUT2D eigenvalue weighted by Gasteiger charge is 2.18. The van der Waals surface area contributed by atoms with E-state index in [4.69, 9.17) is 9.47 Å². The molecule has 0 saturated heterocycles. The summed E-state index contributed by atoms with van der Waals surface area (Å²) < 4.78 is 13.3. The summed E-state index contributed by atoms with van der Waals surface area (Å²) in [7, 11) is 0. The Balaban J connectivity index is 1.34. The third-order valence-corrected chi connectivity index (χ3v) is 6.15. The van der Waals surface area contributed by atoms with Crippen molar-refractivity contribution in [1.29, 1.82) is 0 Å². The van der Waals surface area contributed by atoms with Gasteiger partial charge >= 0.3 is 0 Å². The molecule has 4 aromatic rings. The van der Waals surface area contributed by atoms with Gasteiger partial charge in [0.25, 0.3) is 5.91 Å². The standard InChI is InChI=1S/C23H20N2O3S/c1-15(17-6-7-19-20(14-17)28-13-12-27-19)24-23(26)21-8-9-22(29-21)25-11-10-16-4-2-3-5-18(16)25/h2-11,14-15H,12-13H2,1H3,(H,24,26). The lowest BCUT2D eigenvalue weighted by Gasteiger charge is -2.21. The highest BCUT2D eigenvalue weighted by molar-refractivity contribution is 7.16. The number of hydrogen-bond acceptors (Lipinski definition) is 4. The number of para-hydroxylation sites is 1. The molecule has 5 rings (SSSR count). The third kappa shape index (κ3) is 3.36. The molecule has 1 aliphatic rings. The van der Waals surface area contributed by atoms with Crippen molar-refractivity contribution in [3.63, 3.8) is 0 Å². The van der Waals surface area contributed by atoms with Gasteiger partial charge in [0.15, 0.2) is 11.5 Å². The Kier molecular flexibility index (Phi) is 4.48. The Morgan fingerprint density at radius 1 is 1.03 bits per heavy atom. The second kappa shape index (κ2) is 7.29. The normalized spacial score (nSPS) is 14.0. The maximum atomic E-state index is 12.8. The first-order valence-electron chi connectivity index (χ1n) is 9.56. The van der Waals surface area contributed by atoms with E-state index in [2.05, 4.69) is 28.1 Å². The number of nitrogens with zero attached hydrogens (tertiary/aromatic N) is 1. The first kappa shape index (κ1) is 17.8. The summed E-state index contributed by atoms with van der Waals surface area (Å²) in [6, 6.07) is 19.8. The van der Waals surface area contributed by atoms with Gasteiger partial charge in [0.05, 0.1) is 16.4 Å². The van der Waals surface area contributed by atoms with E-state index in [-0.39, 0.29) is 11.9 Å². The van der Waals surface area contributed by atoms with Crippen molar-refractivity contribution < 1.29 is 14.3 Å². The number of benzene rings is 2. The molecule has 0 bridgehead atoms. The number of thiophene rings is 1. The summed E-state index contributed by atoms with van der Waals surface area (Å²) in [6.45, 7) is 3.08. The quantitative estimate of drug-likeness (QED) is 0.523. The predicted molar refractivity (Wildman–Crippen MR) is 114 cm³/mol. The fraction of sp³-hybridized carbons (Fsp3) is 0.174. The Labute approximate surface area is 172 Å². The van der Waals surface area contributed by atoms with Gasteiger partial charge in [-0.1, -0.05) is 24.3 Å². The fourth-order valence-electron chi connectivity index (χ4n) is 3.53. The highest BCUT2D eigenvalue weighted by atomic mass is 32.1. The van der Waals surface area contributed by atoms with Gasteiger partial charge in [-0.3, -0.25) is 4.79 Å². The maximum Gasteiger partial charge on any atom is 0.261 e. The zero-order valence-corrected chi connectivity index (χ0v) is 16.7. The van der Waals surface area contributed by atoms with Crippen LogP contribution in [-0.2, 0) is 0 Å². The van der Waals surface area contributed by atoms with E-state index in [0.717, 1.165) is 27.6 Å². The van der Waals surface area contributed by atoms with Gasteiger partial charge in [-0.15, -0.1) is 11.3 Å². The second-order valence-electron chi connectivity index (χ2n) is 6.98. The van der Waals surface area contributed by atoms with Crippen LogP contribution in [0.1, 0.15) is 28.2 Å². The Morgan fingerprint density at radius 3 is 2.76 bits per heavy atom. The topological polar surface area (TPSA) is 52.5 Å². The number of fused-ring (bicyclic) bond motifs is 2. The number of carbonyl (C=O) groups is 1. The van der Waals surface area contributed by atoms with Crippen LogP contribution in [-0.4, -0.2) is 23.7 Å². The second-order valence-corrected chi connectivity index (χ2v) is 8.04. The van der Waals surface area contributed by atoms with E-state index in [1.54, 1.807) is 0 Å². The van der Waals surface area contributed by atoms with Crippen molar-refractivity contribution in [1.82, 2.24) is 9.88 Å². The first-order chi connectivity index (χ1) is 14.2. The third-order valence-electron chi connectivity index (χ3n) is 5.07. The number of hydrogen-bond donors (Lipinski definition) is 1. The van der Waals surface area contributed by atoms with E-state index < -0.39 is 0 Å². The highest BCUT2D eigenvalue weighted by Crippen LogP contribution is 2.33. The van der Waals surface area contributed by atoms with E-state index in [0.29, 0.717) is 18.1 Å². The molecule has 1 atom stereocenters. The molecule has 0 radical (unpaired) electrons. The molecule has 1 N–H and O–H groups in total. The van der Waals surface area contributed by atoms with Crippen LogP contribution >= 0.6 is 11.3 Å². The average molecular weight is 404 g/mol. The fourth-order valence-corrected chi connectivity index (χ4v) is 4.44. The molecule has 0 spiro atoms. The molecule has 1 aliphatic heterocycles. The van der Waals surface area contributed by atoms with Gasteiger partial charge in [0.1, 0.15) is 18.2 Å². The summed E-state index contributed by atoms with van der Waals surface area (Å²) in [5, 5.41) is 5.28. The minimum absolute atomic E-state index is 0.0832. The van der Waals surface area contributed by atoms with Gasteiger partial charge in [0.2, 0.25) is 0 Å². The summed E-state index contributed by atoms with van der Waals surface area (Å²) >= 11 is 1.48. The van der Waals surface area contributed by atoms with Gasteiger partial charge in [-0.25, -0.2) is 0 Å². The van der Waals surface area contributed by atoms with Crippen LogP contribution in [0.25, 0.3) is 15.9 Å². The summed E-state index contributed by atoms with van der Waals surface area (Å²) in [6.07, 6.45) is 2.04. The molecule has 1 amide bonds. The summed E-state index contributed by atoms with van der Waals surface area (Å²) in [4.78, 5) is 13.5. The zero-order chi connectivity index (χ0) is 19.8. The van der Waals surface area contributed by atoms with Crippen molar-refractivity contribution in [3.8, 4) is 16.5 Å². The molecule has 3 heterocycles. The smallest absolute Gasteiger partial charge is 0.261 e. The monoisotopic (exact) mass is 404 g/mol. The maximum absolute atomic E-state index is 12.8. The van der Waals surface area contributed by atoms with Crippen LogP contribution in [0.2, 0.25) is 0 Å². The van der Waals surface area contributed by atoms with Crippen LogP contribution in [0, 0.1) is 0 Å². The zero-order valence-electron chi connectivity index (χ0n) is 15.9. The van der Waals surface area contributed by atoms with Gasteiger partial charge in [0, 0.05) is 6.20 Å². The van der Waals surface area contributed by atoms with Gasteiger partial charge in [-0.05, 0) is 54.3 Å². The molecule has 6 heteroatoms. The molecular formula is C23H20N2O3S. The van der Waals surface area contributed by atoms with E-state index in [9.17, 15) is 4.79 Å². The molecule has 0 fully saturated rings. The molecule has 1 unspecified atom stereocenters. The summed E-state index contributed by atoms with van der Waals surface area (Å²) in [5.41, 5.74) is 2.11. The van der Waals surface area contributed by atoms with Crippen LogP contribution < -0.4 is 14.8 Å². The number of nitrogens with one attached hydrogen (secondary N) is 1. The molecule has 29 heavy (non-hydrogen) atoms. The van der Waals surface area contributed by atoms with Crippen LogP contribution in [0.3, 0.4) is 0 Å². The average Bonchev–Trinajstić information content (AvgIpc) is 3.40. The van der Waals surface area contributed by atoms with Crippen LogP contribution in [0.15, 0.2) is 66.9 Å². The molecule has 2 aromatic heterocycles. The minimum atomic E-state index is -0.142. The molecule has 0 saturated carbocycles. The van der Waals surface area contributed by atoms with Crippen molar-refractivity contribution in [2.45, 2.75) is 13.0 Å². The van der Waals surface area contributed by atoms with Crippen molar-refractivity contribution >= 4 is 28.1 Å². The van der Waals surface area contributed by atoms with Crippen LogP contribution in [0.5, 0.6) is 11.5 Å². The largest absolute Gasteiger partial charge is 0.486 e. The molecule has 0 aliphatic carbocycles. The van der Waals surface area contributed by atoms with Crippen molar-refractivity contribution in [2.24, 2.45) is 0 Å². The van der Waals surface area contributed by atoms with Gasteiger partial charge < -0.3 is 19.4 Å². The van der Waals surface area contributed by atoms with Crippen molar-refractivity contribution in [2.75, 3.05) is 13.2 Å². The molecule has 2 aromatic carbocycles. The molecule has 5 nitrogen and oxygen atoms in total. The minimum Gasteiger partial charge on any atom is -0.486 e. The van der Waals surface area contributed by atoms with E-state index in [1.807, 2.05) is 55.6 Å². The lowest BCUT2D eigenvalue weighted by Crippen LogP contribution is -2.26. The number of amides is 1. The van der Waals surface area contributed by atoms with E-state index >= 15 is 0 Å². The SMILES string of the molecule is CC(NC(=O)c1ccc(-n2ccc3ccccc32)s1)c1ccc2c(c1)OCCO2. The Bertz CT molecular complexity index is 1190. The van der Waals surface area contributed by atoms with Gasteiger partial charge in [-0.2, -0.15) is 0 Å². The lowest BCUT2D eigenvalue weighted by molar-refractivity contribution is 0.0944. The predicted octanol–water partition coefficient (Wildman–Crippen LogP) is 4.95. The van der Waals surface area contributed by atoms with Crippen LogP contribution in [0.4, 0.5) is 0 Å². The molecular weight excluding hydrogens is 384 g/mol. The number of ether oxygens (including phenoxy) is 2. The lowest BCUT2D eigenvalue weighted by atomic mass is 10.1. The number of aromatic nitrogens is 1. The Hall–Kier alpha value is -3.25.